The highest BCUT2D eigenvalue weighted by molar-refractivity contribution is 7.13. The molecule has 2 aromatic heterocycles. The highest BCUT2D eigenvalue weighted by atomic mass is 32.1. The van der Waals surface area contributed by atoms with Crippen molar-refractivity contribution >= 4 is 22.2 Å². The van der Waals surface area contributed by atoms with Gasteiger partial charge in [0.2, 0.25) is 0 Å². The van der Waals surface area contributed by atoms with Gasteiger partial charge in [0.05, 0.1) is 11.7 Å². The van der Waals surface area contributed by atoms with Gasteiger partial charge in [-0.15, -0.1) is 5.10 Å². The number of pyridine rings is 1. The Hall–Kier alpha value is -2.05. The lowest BCUT2D eigenvalue weighted by atomic mass is 10.2. The second-order valence-electron chi connectivity index (χ2n) is 4.21. The van der Waals surface area contributed by atoms with Gasteiger partial charge in [-0.25, -0.2) is 0 Å². The first kappa shape index (κ1) is 13.0. The van der Waals surface area contributed by atoms with Gasteiger partial charge < -0.3 is 10.1 Å². The zero-order chi connectivity index (χ0) is 13.8. The molecule has 0 radical (unpaired) electrons. The molecule has 2 heterocycles. The van der Waals surface area contributed by atoms with Crippen molar-refractivity contribution in [2.24, 2.45) is 0 Å². The van der Waals surface area contributed by atoms with Crippen molar-refractivity contribution in [1.82, 2.24) is 20.5 Å². The quantitative estimate of drug-likeness (QED) is 0.781. The van der Waals surface area contributed by atoms with Crippen molar-refractivity contribution in [3.05, 3.63) is 41.5 Å². The molecule has 0 aliphatic heterocycles. The summed E-state index contributed by atoms with van der Waals surface area (Å²) in [6.07, 6.45) is 1.70. The number of ether oxygens (including phenoxy) is 1. The van der Waals surface area contributed by atoms with E-state index >= 15 is 0 Å². The van der Waals surface area contributed by atoms with Crippen LogP contribution in [-0.2, 0) is 6.54 Å². The van der Waals surface area contributed by atoms with E-state index in [-0.39, 0.29) is 0 Å². The lowest BCUT2D eigenvalue weighted by molar-refractivity contribution is 0.471. The molecule has 0 fully saturated rings. The Bertz CT molecular complexity index is 713. The first-order valence-electron chi connectivity index (χ1n) is 6.41. The van der Waals surface area contributed by atoms with E-state index in [1.165, 1.54) is 11.3 Å². The van der Waals surface area contributed by atoms with Gasteiger partial charge in [-0.05, 0) is 18.7 Å². The van der Waals surface area contributed by atoms with Crippen LogP contribution in [0.15, 0.2) is 36.5 Å². The second-order valence-corrected chi connectivity index (χ2v) is 5.23. The van der Waals surface area contributed by atoms with E-state index < -0.39 is 0 Å². The Morgan fingerprint density at radius 1 is 1.25 bits per heavy atom. The largest absolute Gasteiger partial charge is 0.428 e. The number of fused-ring (bicyclic) bond motifs is 1. The Labute approximate surface area is 120 Å². The smallest absolute Gasteiger partial charge is 0.299 e. The van der Waals surface area contributed by atoms with E-state index in [9.17, 15) is 0 Å². The predicted molar refractivity (Wildman–Crippen MR) is 79.1 cm³/mol. The summed E-state index contributed by atoms with van der Waals surface area (Å²) in [4.78, 5) is 4.35. The molecule has 0 aliphatic carbocycles. The highest BCUT2D eigenvalue weighted by Crippen LogP contribution is 2.26. The average Bonchev–Trinajstić information content (AvgIpc) is 2.92. The topological polar surface area (TPSA) is 59.9 Å². The molecule has 1 aromatic carbocycles. The van der Waals surface area contributed by atoms with Crippen molar-refractivity contribution in [2.45, 2.75) is 13.5 Å². The molecule has 102 valence electrons. The first-order valence-corrected chi connectivity index (χ1v) is 7.22. The Kier molecular flexibility index (Phi) is 3.85. The molecule has 1 N–H and O–H groups in total. The summed E-state index contributed by atoms with van der Waals surface area (Å²) in [5.74, 6) is 0.676. The summed E-state index contributed by atoms with van der Waals surface area (Å²) in [6.45, 7) is 3.68. The van der Waals surface area contributed by atoms with Crippen LogP contribution in [-0.4, -0.2) is 21.7 Å². The lowest BCUT2D eigenvalue weighted by Gasteiger charge is -2.02. The molecule has 3 rings (SSSR count). The fraction of sp³-hybridized carbons (Fsp3) is 0.214. The summed E-state index contributed by atoms with van der Waals surface area (Å²) >= 11 is 1.44. The monoisotopic (exact) mass is 286 g/mol. The zero-order valence-electron chi connectivity index (χ0n) is 11.0. The fourth-order valence-corrected chi connectivity index (χ4v) is 2.47. The third-order valence-electron chi connectivity index (χ3n) is 2.75. The van der Waals surface area contributed by atoms with Gasteiger partial charge in [-0.2, -0.15) is 0 Å². The SMILES string of the molecule is CCNCc1nnc(Oc2cnc3ccccc3c2)s1. The molecule has 0 amide bonds. The van der Waals surface area contributed by atoms with Crippen molar-refractivity contribution in [1.29, 1.82) is 0 Å². The second kappa shape index (κ2) is 5.94. The third kappa shape index (κ3) is 2.92. The number of benzene rings is 1. The van der Waals surface area contributed by atoms with Crippen LogP contribution in [0, 0.1) is 0 Å². The van der Waals surface area contributed by atoms with Crippen LogP contribution in [0.1, 0.15) is 11.9 Å². The van der Waals surface area contributed by atoms with E-state index in [1.54, 1.807) is 6.20 Å². The number of aromatic nitrogens is 3. The number of nitrogens with zero attached hydrogens (tertiary/aromatic N) is 3. The van der Waals surface area contributed by atoms with Crippen LogP contribution >= 0.6 is 11.3 Å². The van der Waals surface area contributed by atoms with Crippen LogP contribution in [0.25, 0.3) is 10.9 Å². The average molecular weight is 286 g/mol. The van der Waals surface area contributed by atoms with Gasteiger partial charge in [0, 0.05) is 11.9 Å². The van der Waals surface area contributed by atoms with Gasteiger partial charge in [0.1, 0.15) is 10.8 Å². The predicted octanol–water partition coefficient (Wildman–Crippen LogP) is 2.99. The minimum atomic E-state index is 0.537. The summed E-state index contributed by atoms with van der Waals surface area (Å²) in [7, 11) is 0. The van der Waals surface area contributed by atoms with Crippen molar-refractivity contribution in [2.75, 3.05) is 6.54 Å². The van der Waals surface area contributed by atoms with E-state index in [0.29, 0.717) is 17.5 Å². The van der Waals surface area contributed by atoms with Crippen LogP contribution in [0.2, 0.25) is 0 Å². The molecule has 0 saturated carbocycles. The molecule has 0 unspecified atom stereocenters. The summed E-state index contributed by atoms with van der Waals surface area (Å²) < 4.78 is 5.70. The molecule has 20 heavy (non-hydrogen) atoms. The summed E-state index contributed by atoms with van der Waals surface area (Å²) in [5.41, 5.74) is 0.949. The molecule has 5 nitrogen and oxygen atoms in total. The molecule has 0 atom stereocenters. The van der Waals surface area contributed by atoms with Crippen molar-refractivity contribution < 1.29 is 4.74 Å². The molecular weight excluding hydrogens is 272 g/mol. The number of hydrogen-bond acceptors (Lipinski definition) is 6. The van der Waals surface area contributed by atoms with Gasteiger partial charge >= 0.3 is 0 Å². The lowest BCUT2D eigenvalue weighted by Crippen LogP contribution is -2.11. The minimum absolute atomic E-state index is 0.537. The number of para-hydroxylation sites is 1. The van der Waals surface area contributed by atoms with Crippen molar-refractivity contribution in [3.63, 3.8) is 0 Å². The molecule has 0 bridgehead atoms. The normalized spacial score (nSPS) is 10.8. The Morgan fingerprint density at radius 3 is 3.05 bits per heavy atom. The molecular formula is C14H14N4OS. The molecule has 6 heteroatoms. The number of hydrogen-bond donors (Lipinski definition) is 1. The zero-order valence-corrected chi connectivity index (χ0v) is 11.9. The first-order chi connectivity index (χ1) is 9.85. The van der Waals surface area contributed by atoms with Crippen LogP contribution in [0.3, 0.4) is 0 Å². The van der Waals surface area contributed by atoms with E-state index in [4.69, 9.17) is 4.74 Å². The fourth-order valence-electron chi connectivity index (χ4n) is 1.79. The number of nitrogens with one attached hydrogen (secondary N) is 1. The standard InChI is InChI=1S/C14H14N4OS/c1-2-15-9-13-17-18-14(20-13)19-11-7-10-5-3-4-6-12(10)16-8-11/h3-8,15H,2,9H2,1H3. The van der Waals surface area contributed by atoms with E-state index in [1.807, 2.05) is 30.3 Å². The maximum atomic E-state index is 5.70. The summed E-state index contributed by atoms with van der Waals surface area (Å²) in [6, 6.07) is 9.87. The molecule has 0 aliphatic rings. The molecule has 3 aromatic rings. The third-order valence-corrected chi connectivity index (χ3v) is 3.55. The van der Waals surface area contributed by atoms with Crippen molar-refractivity contribution in [3.8, 4) is 10.9 Å². The minimum Gasteiger partial charge on any atom is -0.428 e. The number of rotatable bonds is 5. The summed E-state index contributed by atoms with van der Waals surface area (Å²) in [5, 5.41) is 13.8. The maximum absolute atomic E-state index is 5.70. The van der Waals surface area contributed by atoms with Gasteiger partial charge in [0.15, 0.2) is 0 Å². The van der Waals surface area contributed by atoms with Crippen LogP contribution in [0.4, 0.5) is 0 Å². The van der Waals surface area contributed by atoms with E-state index in [0.717, 1.165) is 22.5 Å². The van der Waals surface area contributed by atoms with Crippen LogP contribution in [0.5, 0.6) is 10.9 Å². The Morgan fingerprint density at radius 2 is 2.15 bits per heavy atom. The maximum Gasteiger partial charge on any atom is 0.299 e. The van der Waals surface area contributed by atoms with E-state index in [2.05, 4.69) is 27.4 Å². The highest BCUT2D eigenvalue weighted by Gasteiger charge is 2.06. The molecule has 0 saturated heterocycles. The van der Waals surface area contributed by atoms with Crippen LogP contribution < -0.4 is 10.1 Å². The van der Waals surface area contributed by atoms with Gasteiger partial charge in [-0.1, -0.05) is 41.6 Å². The molecule has 0 spiro atoms. The van der Waals surface area contributed by atoms with Gasteiger partial charge in [-0.3, -0.25) is 4.98 Å². The van der Waals surface area contributed by atoms with Gasteiger partial charge in [0.25, 0.3) is 5.19 Å². The Balaban J connectivity index is 1.76.